The third-order valence-corrected chi connectivity index (χ3v) is 3.71. The number of rotatable bonds is 7. The van der Waals surface area contributed by atoms with E-state index in [4.69, 9.17) is 9.47 Å². The summed E-state index contributed by atoms with van der Waals surface area (Å²) >= 11 is 0. The van der Waals surface area contributed by atoms with Gasteiger partial charge in [-0.2, -0.15) is 5.10 Å². The Bertz CT molecular complexity index is 684. The number of amides is 2. The second-order valence-electron chi connectivity index (χ2n) is 5.50. The molecule has 2 rings (SSSR count). The van der Waals surface area contributed by atoms with Gasteiger partial charge in [0, 0.05) is 25.4 Å². The standard InChI is InChI=1S/C17H24N4O3/c1-12(15-9-14(23-3)5-6-16(15)24-4)20-17(22)18-8-7-13-10-19-21(2)11-13/h5-6,9-12H,7-8H2,1-4H3,(H2,18,20,22). The van der Waals surface area contributed by atoms with E-state index in [1.165, 1.54) is 0 Å². The number of carbonyl (C=O) groups excluding carboxylic acids is 1. The van der Waals surface area contributed by atoms with Crippen LogP contribution in [0.1, 0.15) is 24.1 Å². The summed E-state index contributed by atoms with van der Waals surface area (Å²) in [7, 11) is 5.08. The molecular formula is C17H24N4O3. The summed E-state index contributed by atoms with van der Waals surface area (Å²) in [5.74, 6) is 1.43. The van der Waals surface area contributed by atoms with Gasteiger partial charge in [-0.25, -0.2) is 4.79 Å². The highest BCUT2D eigenvalue weighted by molar-refractivity contribution is 5.74. The lowest BCUT2D eigenvalue weighted by atomic mass is 10.1. The molecule has 0 saturated carbocycles. The zero-order valence-corrected chi connectivity index (χ0v) is 14.5. The summed E-state index contributed by atoms with van der Waals surface area (Å²) in [6.45, 7) is 2.44. The number of ether oxygens (including phenoxy) is 2. The van der Waals surface area contributed by atoms with Crippen LogP contribution < -0.4 is 20.1 Å². The molecule has 0 aliphatic heterocycles. The number of aryl methyl sites for hydroxylation is 1. The van der Waals surface area contributed by atoms with Gasteiger partial charge in [-0.3, -0.25) is 4.68 Å². The lowest BCUT2D eigenvalue weighted by Gasteiger charge is -2.18. The van der Waals surface area contributed by atoms with E-state index in [2.05, 4.69) is 15.7 Å². The minimum Gasteiger partial charge on any atom is -0.497 e. The van der Waals surface area contributed by atoms with Crippen LogP contribution >= 0.6 is 0 Å². The molecular weight excluding hydrogens is 308 g/mol. The first-order valence-electron chi connectivity index (χ1n) is 7.77. The molecule has 2 N–H and O–H groups in total. The monoisotopic (exact) mass is 332 g/mol. The van der Waals surface area contributed by atoms with E-state index in [-0.39, 0.29) is 12.1 Å². The third kappa shape index (κ3) is 4.65. The maximum Gasteiger partial charge on any atom is 0.315 e. The van der Waals surface area contributed by atoms with Crippen LogP contribution in [0.25, 0.3) is 0 Å². The summed E-state index contributed by atoms with van der Waals surface area (Å²) in [5, 5.41) is 9.86. The average Bonchev–Trinajstić information content (AvgIpc) is 2.99. The Morgan fingerprint density at radius 3 is 2.75 bits per heavy atom. The first-order chi connectivity index (χ1) is 11.5. The lowest BCUT2D eigenvalue weighted by molar-refractivity contribution is 0.238. The predicted octanol–water partition coefficient (Wildman–Crippen LogP) is 2.04. The van der Waals surface area contributed by atoms with Crippen molar-refractivity contribution < 1.29 is 14.3 Å². The van der Waals surface area contributed by atoms with Crippen molar-refractivity contribution >= 4 is 6.03 Å². The molecule has 1 atom stereocenters. The highest BCUT2D eigenvalue weighted by Gasteiger charge is 2.15. The van der Waals surface area contributed by atoms with Gasteiger partial charge in [0.05, 0.1) is 26.5 Å². The predicted molar refractivity (Wildman–Crippen MR) is 91.4 cm³/mol. The van der Waals surface area contributed by atoms with E-state index in [1.54, 1.807) is 25.1 Å². The van der Waals surface area contributed by atoms with Crippen molar-refractivity contribution in [2.24, 2.45) is 7.05 Å². The van der Waals surface area contributed by atoms with E-state index in [9.17, 15) is 4.79 Å². The van der Waals surface area contributed by atoms with Gasteiger partial charge in [0.1, 0.15) is 11.5 Å². The number of aromatic nitrogens is 2. The third-order valence-electron chi connectivity index (χ3n) is 3.71. The average molecular weight is 332 g/mol. The van der Waals surface area contributed by atoms with Gasteiger partial charge in [-0.1, -0.05) is 0 Å². The zero-order valence-electron chi connectivity index (χ0n) is 14.5. The quantitative estimate of drug-likeness (QED) is 0.813. The topological polar surface area (TPSA) is 77.4 Å². The van der Waals surface area contributed by atoms with Crippen LogP contribution in [0, 0.1) is 0 Å². The Morgan fingerprint density at radius 2 is 2.12 bits per heavy atom. The summed E-state index contributed by atoms with van der Waals surface area (Å²) in [5.41, 5.74) is 1.94. The number of hydrogen-bond donors (Lipinski definition) is 2. The SMILES string of the molecule is COc1ccc(OC)c(C(C)NC(=O)NCCc2cnn(C)c2)c1. The molecule has 1 aromatic carbocycles. The normalized spacial score (nSPS) is 11.7. The Morgan fingerprint density at radius 1 is 1.33 bits per heavy atom. The van der Waals surface area contributed by atoms with Gasteiger partial charge in [0.15, 0.2) is 0 Å². The molecule has 0 aliphatic rings. The van der Waals surface area contributed by atoms with Crippen molar-refractivity contribution in [3.8, 4) is 11.5 Å². The molecule has 130 valence electrons. The number of nitrogens with zero attached hydrogens (tertiary/aromatic N) is 2. The number of benzene rings is 1. The van der Waals surface area contributed by atoms with Crippen LogP contribution in [0.3, 0.4) is 0 Å². The van der Waals surface area contributed by atoms with Crippen LogP contribution in [0.4, 0.5) is 4.79 Å². The summed E-state index contributed by atoms with van der Waals surface area (Å²) in [4.78, 5) is 12.1. The number of nitrogens with one attached hydrogen (secondary N) is 2. The molecule has 1 unspecified atom stereocenters. The van der Waals surface area contributed by atoms with E-state index in [0.717, 1.165) is 23.3 Å². The molecule has 1 heterocycles. The van der Waals surface area contributed by atoms with Crippen molar-refractivity contribution in [2.75, 3.05) is 20.8 Å². The molecule has 24 heavy (non-hydrogen) atoms. The fourth-order valence-electron chi connectivity index (χ4n) is 2.42. The van der Waals surface area contributed by atoms with Crippen molar-refractivity contribution in [2.45, 2.75) is 19.4 Å². The van der Waals surface area contributed by atoms with Crippen molar-refractivity contribution in [3.05, 3.63) is 41.7 Å². The van der Waals surface area contributed by atoms with Crippen molar-refractivity contribution in [1.29, 1.82) is 0 Å². The first-order valence-corrected chi connectivity index (χ1v) is 7.77. The molecule has 0 bridgehead atoms. The van der Waals surface area contributed by atoms with Gasteiger partial charge in [-0.05, 0) is 37.1 Å². The molecule has 0 saturated heterocycles. The molecule has 1 aromatic heterocycles. The van der Waals surface area contributed by atoms with Crippen LogP contribution in [0.15, 0.2) is 30.6 Å². The fraction of sp³-hybridized carbons (Fsp3) is 0.412. The lowest BCUT2D eigenvalue weighted by Crippen LogP contribution is -2.38. The maximum absolute atomic E-state index is 12.1. The highest BCUT2D eigenvalue weighted by Crippen LogP contribution is 2.29. The zero-order chi connectivity index (χ0) is 17.5. The molecule has 2 aromatic rings. The Kier molecular flexibility index (Phi) is 6.06. The summed E-state index contributed by atoms with van der Waals surface area (Å²) in [6.07, 6.45) is 4.46. The van der Waals surface area contributed by atoms with Gasteiger partial charge < -0.3 is 20.1 Å². The first kappa shape index (κ1) is 17.7. The van der Waals surface area contributed by atoms with Gasteiger partial charge in [0.25, 0.3) is 0 Å². The van der Waals surface area contributed by atoms with Crippen molar-refractivity contribution in [1.82, 2.24) is 20.4 Å². The Hall–Kier alpha value is -2.70. The van der Waals surface area contributed by atoms with E-state index in [0.29, 0.717) is 12.3 Å². The molecule has 2 amide bonds. The number of hydrogen-bond acceptors (Lipinski definition) is 4. The van der Waals surface area contributed by atoms with Crippen LogP contribution in [0.2, 0.25) is 0 Å². The van der Waals surface area contributed by atoms with Crippen LogP contribution in [0.5, 0.6) is 11.5 Å². The molecule has 0 radical (unpaired) electrons. The largest absolute Gasteiger partial charge is 0.497 e. The van der Waals surface area contributed by atoms with E-state index < -0.39 is 0 Å². The Labute approximate surface area is 142 Å². The van der Waals surface area contributed by atoms with Crippen LogP contribution in [-0.4, -0.2) is 36.6 Å². The second kappa shape index (κ2) is 8.24. The van der Waals surface area contributed by atoms with Gasteiger partial charge in [0.2, 0.25) is 0 Å². The molecule has 0 fully saturated rings. The number of carbonyl (C=O) groups is 1. The summed E-state index contributed by atoms with van der Waals surface area (Å²) < 4.78 is 12.3. The second-order valence-corrected chi connectivity index (χ2v) is 5.50. The molecule has 0 spiro atoms. The van der Waals surface area contributed by atoms with Crippen molar-refractivity contribution in [3.63, 3.8) is 0 Å². The molecule has 7 heteroatoms. The van der Waals surface area contributed by atoms with Gasteiger partial charge in [-0.15, -0.1) is 0 Å². The Balaban J connectivity index is 1.88. The number of urea groups is 1. The highest BCUT2D eigenvalue weighted by atomic mass is 16.5. The molecule has 0 aliphatic carbocycles. The van der Waals surface area contributed by atoms with Crippen LogP contribution in [-0.2, 0) is 13.5 Å². The van der Waals surface area contributed by atoms with E-state index in [1.807, 2.05) is 38.4 Å². The van der Waals surface area contributed by atoms with Gasteiger partial charge >= 0.3 is 6.03 Å². The minimum absolute atomic E-state index is 0.214. The fourth-order valence-corrected chi connectivity index (χ4v) is 2.42. The minimum atomic E-state index is -0.226. The smallest absolute Gasteiger partial charge is 0.315 e. The maximum atomic E-state index is 12.1. The summed E-state index contributed by atoms with van der Waals surface area (Å²) in [6, 6.07) is 5.07. The number of methoxy groups -OCH3 is 2. The van der Waals surface area contributed by atoms with E-state index >= 15 is 0 Å². The molecule has 7 nitrogen and oxygen atoms in total.